The third-order valence-electron chi connectivity index (χ3n) is 4.18. The van der Waals surface area contributed by atoms with Crippen LogP contribution in [0, 0.1) is 0 Å². The Kier molecular flexibility index (Phi) is 3.87. The van der Waals surface area contributed by atoms with Crippen LogP contribution in [-0.2, 0) is 0 Å². The topological polar surface area (TPSA) is 62.4 Å². The molecule has 1 fully saturated rings. The lowest BCUT2D eigenvalue weighted by Gasteiger charge is -2.29. The number of aliphatic hydroxyl groups is 1. The fraction of sp³-hybridized carbons (Fsp3) is 0.438. The van der Waals surface area contributed by atoms with Crippen molar-refractivity contribution in [2.45, 2.75) is 31.3 Å². The third-order valence-corrected chi connectivity index (χ3v) is 5.15. The summed E-state index contributed by atoms with van der Waals surface area (Å²) in [5.74, 6) is 0.562. The second kappa shape index (κ2) is 5.66. The molecule has 1 aromatic heterocycles. The van der Waals surface area contributed by atoms with E-state index in [1.54, 1.807) is 0 Å². The Labute approximate surface area is 129 Å². The van der Waals surface area contributed by atoms with Crippen molar-refractivity contribution >= 4 is 22.4 Å². The SMILES string of the molecule is CN(CC1(O)CCCC1)c1snc(N)c1-c1ccccc1. The number of hydrogen-bond donors (Lipinski definition) is 2. The van der Waals surface area contributed by atoms with Gasteiger partial charge in [-0.2, -0.15) is 4.37 Å². The number of nitrogens with two attached hydrogens (primary N) is 1. The Morgan fingerprint density at radius 3 is 2.62 bits per heavy atom. The standard InChI is InChI=1S/C16H21N3OS/c1-19(11-16(20)9-5-6-10-16)15-13(14(17)18-21-15)12-7-3-2-4-8-12/h2-4,7-8,20H,5-6,9-11H2,1H3,(H2,17,18). The van der Waals surface area contributed by atoms with Crippen LogP contribution in [0.2, 0.25) is 0 Å². The van der Waals surface area contributed by atoms with Crippen molar-refractivity contribution in [3.8, 4) is 11.1 Å². The fourth-order valence-electron chi connectivity index (χ4n) is 3.13. The molecule has 0 saturated heterocycles. The maximum absolute atomic E-state index is 10.6. The Morgan fingerprint density at radius 2 is 1.95 bits per heavy atom. The summed E-state index contributed by atoms with van der Waals surface area (Å²) >= 11 is 1.40. The van der Waals surface area contributed by atoms with Gasteiger partial charge in [0.25, 0.3) is 0 Å². The lowest BCUT2D eigenvalue weighted by Crippen LogP contribution is -2.39. The summed E-state index contributed by atoms with van der Waals surface area (Å²) in [4.78, 5) is 2.10. The molecule has 5 heteroatoms. The van der Waals surface area contributed by atoms with Crippen molar-refractivity contribution in [3.63, 3.8) is 0 Å². The zero-order valence-electron chi connectivity index (χ0n) is 12.2. The smallest absolute Gasteiger partial charge is 0.147 e. The van der Waals surface area contributed by atoms with Crippen LogP contribution in [0.4, 0.5) is 10.8 Å². The zero-order chi connectivity index (χ0) is 14.9. The van der Waals surface area contributed by atoms with Gasteiger partial charge in [0, 0.05) is 13.6 Å². The number of nitrogens with zero attached hydrogens (tertiary/aromatic N) is 2. The van der Waals surface area contributed by atoms with E-state index < -0.39 is 5.60 Å². The van der Waals surface area contributed by atoms with E-state index in [1.165, 1.54) is 11.5 Å². The molecule has 0 spiro atoms. The van der Waals surface area contributed by atoms with E-state index >= 15 is 0 Å². The summed E-state index contributed by atoms with van der Waals surface area (Å²) in [5, 5.41) is 11.6. The average molecular weight is 303 g/mol. The first-order valence-electron chi connectivity index (χ1n) is 7.33. The minimum Gasteiger partial charge on any atom is -0.388 e. The van der Waals surface area contributed by atoms with Crippen molar-refractivity contribution in [2.75, 3.05) is 24.2 Å². The maximum atomic E-state index is 10.6. The number of anilines is 2. The number of rotatable bonds is 4. The van der Waals surface area contributed by atoms with Crippen molar-refractivity contribution in [1.82, 2.24) is 4.37 Å². The molecule has 0 aliphatic heterocycles. The van der Waals surface area contributed by atoms with Gasteiger partial charge in [0.1, 0.15) is 10.8 Å². The van der Waals surface area contributed by atoms with Gasteiger partial charge in [-0.3, -0.25) is 0 Å². The zero-order valence-corrected chi connectivity index (χ0v) is 13.1. The molecule has 4 nitrogen and oxygen atoms in total. The van der Waals surface area contributed by atoms with E-state index in [0.717, 1.165) is 41.8 Å². The highest BCUT2D eigenvalue weighted by atomic mass is 32.1. The molecule has 0 amide bonds. The molecule has 0 radical (unpaired) electrons. The molecule has 1 saturated carbocycles. The van der Waals surface area contributed by atoms with Crippen LogP contribution in [-0.4, -0.2) is 28.7 Å². The van der Waals surface area contributed by atoms with Gasteiger partial charge >= 0.3 is 0 Å². The quantitative estimate of drug-likeness (QED) is 0.911. The monoisotopic (exact) mass is 303 g/mol. The second-order valence-corrected chi connectivity index (χ2v) is 6.65. The molecule has 1 aromatic carbocycles. The molecule has 0 bridgehead atoms. The normalized spacial score (nSPS) is 17.0. The van der Waals surface area contributed by atoms with Crippen molar-refractivity contribution in [1.29, 1.82) is 0 Å². The van der Waals surface area contributed by atoms with Gasteiger partial charge in [0.15, 0.2) is 0 Å². The molecule has 0 unspecified atom stereocenters. The molecule has 0 atom stereocenters. The highest BCUT2D eigenvalue weighted by molar-refractivity contribution is 7.11. The lowest BCUT2D eigenvalue weighted by atomic mass is 10.0. The minimum absolute atomic E-state index is 0.562. The van der Waals surface area contributed by atoms with Crippen molar-refractivity contribution < 1.29 is 5.11 Å². The Balaban J connectivity index is 1.89. The van der Waals surface area contributed by atoms with Gasteiger partial charge in [-0.1, -0.05) is 43.2 Å². The molecular weight excluding hydrogens is 282 g/mol. The molecule has 21 heavy (non-hydrogen) atoms. The van der Waals surface area contributed by atoms with Crippen molar-refractivity contribution in [3.05, 3.63) is 30.3 Å². The van der Waals surface area contributed by atoms with E-state index in [9.17, 15) is 5.11 Å². The molecule has 1 heterocycles. The number of likely N-dealkylation sites (N-methyl/N-ethyl adjacent to an activating group) is 1. The number of nitrogen functional groups attached to an aromatic ring is 1. The Bertz CT molecular complexity index is 605. The van der Waals surface area contributed by atoms with E-state index in [-0.39, 0.29) is 0 Å². The second-order valence-electron chi connectivity index (χ2n) is 5.90. The van der Waals surface area contributed by atoms with Crippen molar-refractivity contribution in [2.24, 2.45) is 0 Å². The molecule has 3 rings (SSSR count). The first-order chi connectivity index (χ1) is 10.1. The van der Waals surface area contributed by atoms with Crippen LogP contribution in [0.1, 0.15) is 25.7 Å². The first kappa shape index (κ1) is 14.4. The largest absolute Gasteiger partial charge is 0.388 e. The maximum Gasteiger partial charge on any atom is 0.147 e. The van der Waals surface area contributed by atoms with Gasteiger partial charge in [-0.15, -0.1) is 0 Å². The molecule has 112 valence electrons. The highest BCUT2D eigenvalue weighted by Crippen LogP contribution is 2.40. The lowest BCUT2D eigenvalue weighted by molar-refractivity contribution is 0.0561. The van der Waals surface area contributed by atoms with Gasteiger partial charge in [0.05, 0.1) is 11.2 Å². The van der Waals surface area contributed by atoms with E-state index in [1.807, 2.05) is 37.4 Å². The fourth-order valence-corrected chi connectivity index (χ4v) is 3.93. The molecule has 1 aliphatic rings. The average Bonchev–Trinajstić information content (AvgIpc) is 3.06. The van der Waals surface area contributed by atoms with Gasteiger partial charge < -0.3 is 15.7 Å². The minimum atomic E-state index is -0.568. The number of benzene rings is 1. The van der Waals surface area contributed by atoms with Gasteiger partial charge in [-0.25, -0.2) is 0 Å². The van der Waals surface area contributed by atoms with Crippen LogP contribution >= 0.6 is 11.5 Å². The predicted molar refractivity (Wildman–Crippen MR) is 88.7 cm³/mol. The molecule has 3 N–H and O–H groups in total. The molecule has 1 aliphatic carbocycles. The van der Waals surface area contributed by atoms with E-state index in [2.05, 4.69) is 9.27 Å². The molecule has 2 aromatic rings. The number of aromatic nitrogens is 1. The Hall–Kier alpha value is -1.59. The summed E-state index contributed by atoms with van der Waals surface area (Å²) < 4.78 is 4.31. The van der Waals surface area contributed by atoms with Gasteiger partial charge in [-0.05, 0) is 29.9 Å². The first-order valence-corrected chi connectivity index (χ1v) is 8.10. The van der Waals surface area contributed by atoms with E-state index in [4.69, 9.17) is 5.73 Å². The van der Waals surface area contributed by atoms with Crippen LogP contribution in [0.3, 0.4) is 0 Å². The van der Waals surface area contributed by atoms with E-state index in [0.29, 0.717) is 12.4 Å². The summed E-state index contributed by atoms with van der Waals surface area (Å²) in [6.07, 6.45) is 3.99. The van der Waals surface area contributed by atoms with Gasteiger partial charge in [0.2, 0.25) is 0 Å². The summed E-state index contributed by atoms with van der Waals surface area (Å²) in [6.45, 7) is 0.633. The summed E-state index contributed by atoms with van der Waals surface area (Å²) in [6, 6.07) is 10.1. The third kappa shape index (κ3) is 2.89. The van der Waals surface area contributed by atoms with Crippen LogP contribution in [0.15, 0.2) is 30.3 Å². The summed E-state index contributed by atoms with van der Waals surface area (Å²) in [7, 11) is 2.01. The van der Waals surface area contributed by atoms with Crippen LogP contribution < -0.4 is 10.6 Å². The van der Waals surface area contributed by atoms with Crippen LogP contribution in [0.5, 0.6) is 0 Å². The number of hydrogen-bond acceptors (Lipinski definition) is 5. The van der Waals surface area contributed by atoms with Crippen LogP contribution in [0.25, 0.3) is 11.1 Å². The molecular formula is C16H21N3OS. The summed E-state index contributed by atoms with van der Waals surface area (Å²) in [5.41, 5.74) is 7.54. The highest BCUT2D eigenvalue weighted by Gasteiger charge is 2.33. The Morgan fingerprint density at radius 1 is 1.29 bits per heavy atom. The predicted octanol–water partition coefficient (Wildman–Crippen LogP) is 3.13.